The number of aromatic amines is 1. The lowest BCUT2D eigenvalue weighted by Gasteiger charge is -2.27. The summed E-state index contributed by atoms with van der Waals surface area (Å²) in [5.41, 5.74) is 1.47. The Morgan fingerprint density at radius 1 is 1.15 bits per heavy atom. The van der Waals surface area contributed by atoms with Gasteiger partial charge in [-0.3, -0.25) is 9.59 Å². The van der Waals surface area contributed by atoms with E-state index in [1.165, 1.54) is 27.8 Å². The van der Waals surface area contributed by atoms with Gasteiger partial charge in [0.25, 0.3) is 5.91 Å². The molecule has 0 atom stereocenters. The first-order valence-electron chi connectivity index (χ1n) is 10.5. The number of fused-ring (bicyclic) bond motifs is 3. The first kappa shape index (κ1) is 22.2. The third-order valence-corrected chi connectivity index (χ3v) is 6.19. The molecular weight excluding hydrogens is 469 g/mol. The number of H-pyrrole nitrogens is 1. The molecule has 2 aromatic heterocycles. The molecule has 0 spiro atoms. The number of hydrogen-bond acceptors (Lipinski definition) is 3. The Labute approximate surface area is 196 Å². The zero-order valence-electron chi connectivity index (χ0n) is 17.9. The molecule has 2 aromatic carbocycles. The highest BCUT2D eigenvalue weighted by Gasteiger charge is 2.31. The van der Waals surface area contributed by atoms with Crippen LogP contribution in [0.2, 0.25) is 5.02 Å². The number of alkyl halides is 3. The number of nitrogens with zero attached hydrogens (tertiary/aromatic N) is 3. The molecule has 5 rings (SSSR count). The van der Waals surface area contributed by atoms with E-state index in [9.17, 15) is 22.8 Å². The number of nitrogens with one attached hydrogen (secondary N) is 1. The predicted octanol–water partition coefficient (Wildman–Crippen LogP) is 4.89. The van der Waals surface area contributed by atoms with Crippen LogP contribution < -0.4 is 5.43 Å². The van der Waals surface area contributed by atoms with Gasteiger partial charge in [-0.25, -0.2) is 4.68 Å². The molecule has 174 valence electrons. The van der Waals surface area contributed by atoms with E-state index in [4.69, 9.17) is 11.6 Å². The van der Waals surface area contributed by atoms with Crippen molar-refractivity contribution >= 4 is 28.4 Å². The van der Waals surface area contributed by atoms with Gasteiger partial charge in [-0.1, -0.05) is 17.7 Å². The molecule has 1 amide bonds. The molecule has 0 aliphatic carbocycles. The Kier molecular flexibility index (Phi) is 5.24. The SMILES string of the molecule is Cc1cc(=O)c(C(=O)N2CCc3[nH]c4ccc(Cl)cc4c3C2)nn1-c1cccc(C(F)(F)F)c1. The molecule has 4 aromatic rings. The largest absolute Gasteiger partial charge is 0.416 e. The van der Waals surface area contributed by atoms with Crippen molar-refractivity contribution in [2.75, 3.05) is 6.54 Å². The summed E-state index contributed by atoms with van der Waals surface area (Å²) >= 11 is 6.14. The van der Waals surface area contributed by atoms with Gasteiger partial charge in [0, 0.05) is 58.5 Å². The molecule has 1 aliphatic heterocycles. The topological polar surface area (TPSA) is 71.0 Å². The minimum atomic E-state index is -4.53. The first-order chi connectivity index (χ1) is 16.1. The second-order valence-corrected chi connectivity index (χ2v) is 8.64. The molecule has 3 heterocycles. The number of carbonyl (C=O) groups excluding carboxylic acids is 1. The normalized spacial score (nSPS) is 13.9. The van der Waals surface area contributed by atoms with E-state index in [-0.39, 0.29) is 17.9 Å². The van der Waals surface area contributed by atoms with Crippen LogP contribution in [0.3, 0.4) is 0 Å². The minimum Gasteiger partial charge on any atom is -0.358 e. The van der Waals surface area contributed by atoms with E-state index in [1.807, 2.05) is 12.1 Å². The Morgan fingerprint density at radius 2 is 1.94 bits per heavy atom. The Morgan fingerprint density at radius 3 is 2.71 bits per heavy atom. The van der Waals surface area contributed by atoms with Gasteiger partial charge in [0.05, 0.1) is 11.3 Å². The number of benzene rings is 2. The van der Waals surface area contributed by atoms with Gasteiger partial charge in [-0.05, 0) is 43.3 Å². The lowest BCUT2D eigenvalue weighted by molar-refractivity contribution is -0.137. The summed E-state index contributed by atoms with van der Waals surface area (Å²) in [6, 6.07) is 11.3. The summed E-state index contributed by atoms with van der Waals surface area (Å²) in [5.74, 6) is -0.576. The van der Waals surface area contributed by atoms with Crippen LogP contribution in [0.15, 0.2) is 53.3 Å². The highest BCUT2D eigenvalue weighted by Crippen LogP contribution is 2.31. The molecule has 1 aliphatic rings. The van der Waals surface area contributed by atoms with Crippen LogP contribution >= 0.6 is 11.6 Å². The molecule has 34 heavy (non-hydrogen) atoms. The van der Waals surface area contributed by atoms with Crippen LogP contribution in [-0.2, 0) is 19.1 Å². The van der Waals surface area contributed by atoms with Crippen LogP contribution in [0.5, 0.6) is 0 Å². The Hall–Kier alpha value is -3.59. The lowest BCUT2D eigenvalue weighted by Crippen LogP contribution is -2.39. The maximum Gasteiger partial charge on any atom is 0.416 e. The van der Waals surface area contributed by atoms with Crippen molar-refractivity contribution in [3.63, 3.8) is 0 Å². The smallest absolute Gasteiger partial charge is 0.358 e. The highest BCUT2D eigenvalue weighted by molar-refractivity contribution is 6.31. The van der Waals surface area contributed by atoms with Crippen molar-refractivity contribution < 1.29 is 18.0 Å². The minimum absolute atomic E-state index is 0.105. The molecule has 0 bridgehead atoms. The van der Waals surface area contributed by atoms with Crippen molar-refractivity contribution in [1.29, 1.82) is 0 Å². The number of halogens is 4. The fraction of sp³-hybridized carbons (Fsp3) is 0.208. The number of hydrogen-bond donors (Lipinski definition) is 1. The molecule has 0 saturated heterocycles. The quantitative estimate of drug-likeness (QED) is 0.438. The van der Waals surface area contributed by atoms with Gasteiger partial charge >= 0.3 is 6.18 Å². The summed E-state index contributed by atoms with van der Waals surface area (Å²) < 4.78 is 40.7. The zero-order valence-corrected chi connectivity index (χ0v) is 18.7. The molecule has 0 saturated carbocycles. The highest BCUT2D eigenvalue weighted by atomic mass is 35.5. The van der Waals surface area contributed by atoms with E-state index in [0.29, 0.717) is 23.7 Å². The van der Waals surface area contributed by atoms with Crippen LogP contribution in [-0.4, -0.2) is 32.1 Å². The van der Waals surface area contributed by atoms with Crippen molar-refractivity contribution in [3.05, 3.63) is 92.0 Å². The van der Waals surface area contributed by atoms with Gasteiger partial charge in [-0.15, -0.1) is 0 Å². The van der Waals surface area contributed by atoms with Crippen LogP contribution in [0, 0.1) is 6.92 Å². The summed E-state index contributed by atoms with van der Waals surface area (Å²) in [6.45, 7) is 2.17. The maximum atomic E-state index is 13.3. The van der Waals surface area contributed by atoms with Crippen LogP contribution in [0.1, 0.15) is 33.0 Å². The summed E-state index contributed by atoms with van der Waals surface area (Å²) in [7, 11) is 0. The molecule has 6 nitrogen and oxygen atoms in total. The predicted molar refractivity (Wildman–Crippen MR) is 121 cm³/mol. The van der Waals surface area contributed by atoms with Gasteiger partial charge in [0.2, 0.25) is 5.43 Å². The van der Waals surface area contributed by atoms with Gasteiger partial charge in [0.1, 0.15) is 0 Å². The van der Waals surface area contributed by atoms with E-state index in [2.05, 4.69) is 10.1 Å². The van der Waals surface area contributed by atoms with Gasteiger partial charge in [-0.2, -0.15) is 18.3 Å². The number of amides is 1. The third-order valence-electron chi connectivity index (χ3n) is 5.95. The van der Waals surface area contributed by atoms with Gasteiger partial charge < -0.3 is 9.88 Å². The second kappa shape index (κ2) is 8.02. The number of aromatic nitrogens is 3. The van der Waals surface area contributed by atoms with Crippen molar-refractivity contribution in [2.45, 2.75) is 26.1 Å². The van der Waals surface area contributed by atoms with Gasteiger partial charge in [0.15, 0.2) is 5.69 Å². The van der Waals surface area contributed by atoms with Crippen LogP contribution in [0.25, 0.3) is 16.6 Å². The molecule has 1 N–H and O–H groups in total. The monoisotopic (exact) mass is 486 g/mol. The van der Waals surface area contributed by atoms with E-state index < -0.39 is 23.1 Å². The molecular formula is C24H18ClF3N4O2. The summed E-state index contributed by atoms with van der Waals surface area (Å²) in [5, 5.41) is 5.65. The Bertz CT molecular complexity index is 1510. The first-order valence-corrected chi connectivity index (χ1v) is 10.9. The zero-order chi connectivity index (χ0) is 24.2. The lowest BCUT2D eigenvalue weighted by atomic mass is 10.0. The fourth-order valence-corrected chi connectivity index (χ4v) is 4.45. The van der Waals surface area contributed by atoms with Crippen molar-refractivity contribution in [2.24, 2.45) is 0 Å². The van der Waals surface area contributed by atoms with E-state index in [0.717, 1.165) is 34.3 Å². The molecule has 0 radical (unpaired) electrons. The number of aryl methyl sites for hydroxylation is 1. The Balaban J connectivity index is 1.52. The molecule has 10 heteroatoms. The average molecular weight is 487 g/mol. The number of carbonyl (C=O) groups is 1. The van der Waals surface area contributed by atoms with Crippen molar-refractivity contribution in [3.8, 4) is 5.69 Å². The fourth-order valence-electron chi connectivity index (χ4n) is 4.28. The maximum absolute atomic E-state index is 13.3. The standard InChI is InChI=1S/C24H18ClF3N4O2/c1-13-9-21(33)22(30-32(13)16-4-2-3-14(10-16)24(26,27)28)23(34)31-8-7-20-18(12-31)17-11-15(25)5-6-19(17)29-20/h2-6,9-11,29H,7-8,12H2,1H3. The van der Waals surface area contributed by atoms with Crippen LogP contribution in [0.4, 0.5) is 13.2 Å². The average Bonchev–Trinajstić information content (AvgIpc) is 3.15. The molecule has 0 fully saturated rings. The summed E-state index contributed by atoms with van der Waals surface area (Å²) in [4.78, 5) is 30.8. The van der Waals surface area contributed by atoms with E-state index >= 15 is 0 Å². The van der Waals surface area contributed by atoms with Crippen molar-refractivity contribution in [1.82, 2.24) is 19.7 Å². The third kappa shape index (κ3) is 3.86. The second-order valence-electron chi connectivity index (χ2n) is 8.21. The summed E-state index contributed by atoms with van der Waals surface area (Å²) in [6.07, 6.45) is -3.98. The number of rotatable bonds is 2. The molecule has 0 unspecified atom stereocenters. The van der Waals surface area contributed by atoms with E-state index in [1.54, 1.807) is 13.0 Å².